The molecule has 3 N–H and O–H groups in total. The summed E-state index contributed by atoms with van der Waals surface area (Å²) in [4.78, 5) is 11.3. The third-order valence-electron chi connectivity index (χ3n) is 1.88. The molecule has 0 heterocycles. The average molecular weight is 239 g/mol. The minimum atomic E-state index is -0.122. The molecular formula is C12H15ClN2O. The van der Waals surface area contributed by atoms with Gasteiger partial charge in [0.25, 0.3) is 0 Å². The van der Waals surface area contributed by atoms with Gasteiger partial charge in [0.05, 0.1) is 10.7 Å². The molecule has 4 heteroatoms. The lowest BCUT2D eigenvalue weighted by atomic mass is 10.2. The van der Waals surface area contributed by atoms with E-state index in [0.29, 0.717) is 10.7 Å². The third kappa shape index (κ3) is 3.95. The second-order valence-corrected chi connectivity index (χ2v) is 4.18. The molecule has 1 aromatic carbocycles. The molecular weight excluding hydrogens is 224 g/mol. The van der Waals surface area contributed by atoms with Gasteiger partial charge in [0.1, 0.15) is 0 Å². The average Bonchev–Trinajstić information content (AvgIpc) is 2.19. The van der Waals surface area contributed by atoms with Crippen molar-refractivity contribution in [2.24, 2.45) is 0 Å². The number of carbonyl (C=O) groups is 1. The van der Waals surface area contributed by atoms with Crippen LogP contribution in [-0.4, -0.2) is 11.9 Å². The highest BCUT2D eigenvalue weighted by Gasteiger charge is 1.99. The number of nitrogens with one attached hydrogen (secondary N) is 1. The van der Waals surface area contributed by atoms with Gasteiger partial charge in [0, 0.05) is 12.1 Å². The van der Waals surface area contributed by atoms with E-state index in [9.17, 15) is 4.79 Å². The van der Waals surface area contributed by atoms with Crippen LogP contribution in [0.15, 0.2) is 24.3 Å². The van der Waals surface area contributed by atoms with Crippen LogP contribution in [0.25, 0.3) is 6.08 Å². The van der Waals surface area contributed by atoms with E-state index in [1.54, 1.807) is 24.3 Å². The molecule has 0 aliphatic carbocycles. The maximum atomic E-state index is 11.3. The smallest absolute Gasteiger partial charge is 0.244 e. The minimum Gasteiger partial charge on any atom is -0.398 e. The van der Waals surface area contributed by atoms with E-state index in [2.05, 4.69) is 5.32 Å². The topological polar surface area (TPSA) is 55.1 Å². The molecule has 0 aliphatic rings. The first-order chi connectivity index (χ1) is 7.49. The normalized spacial score (nSPS) is 11.0. The van der Waals surface area contributed by atoms with Gasteiger partial charge in [-0.2, -0.15) is 0 Å². The van der Waals surface area contributed by atoms with Gasteiger partial charge in [-0.05, 0) is 37.6 Å². The number of hydrogen-bond acceptors (Lipinski definition) is 2. The summed E-state index contributed by atoms with van der Waals surface area (Å²) in [5.41, 5.74) is 7.00. The highest BCUT2D eigenvalue weighted by Crippen LogP contribution is 2.19. The lowest BCUT2D eigenvalue weighted by Crippen LogP contribution is -2.28. The number of benzene rings is 1. The van der Waals surface area contributed by atoms with Crippen LogP contribution >= 0.6 is 11.6 Å². The molecule has 1 aromatic rings. The predicted molar refractivity (Wildman–Crippen MR) is 68.2 cm³/mol. The molecule has 16 heavy (non-hydrogen) atoms. The summed E-state index contributed by atoms with van der Waals surface area (Å²) in [5, 5.41) is 3.27. The molecule has 0 atom stereocenters. The summed E-state index contributed by atoms with van der Waals surface area (Å²) in [7, 11) is 0. The first-order valence-electron chi connectivity index (χ1n) is 5.02. The molecule has 1 rings (SSSR count). The quantitative estimate of drug-likeness (QED) is 0.628. The summed E-state index contributed by atoms with van der Waals surface area (Å²) < 4.78 is 0. The SMILES string of the molecule is CC(C)NC(=O)/C=C/c1ccc(Cl)c(N)c1. The number of amides is 1. The highest BCUT2D eigenvalue weighted by atomic mass is 35.5. The molecule has 0 aliphatic heterocycles. The van der Waals surface area contributed by atoms with Gasteiger partial charge >= 0.3 is 0 Å². The number of hydrogen-bond donors (Lipinski definition) is 2. The molecule has 0 radical (unpaired) electrons. The molecule has 1 amide bonds. The van der Waals surface area contributed by atoms with E-state index >= 15 is 0 Å². The van der Waals surface area contributed by atoms with Gasteiger partial charge in [-0.15, -0.1) is 0 Å². The van der Waals surface area contributed by atoms with Crippen LogP contribution in [-0.2, 0) is 4.79 Å². The van der Waals surface area contributed by atoms with Gasteiger partial charge in [-0.25, -0.2) is 0 Å². The molecule has 0 unspecified atom stereocenters. The number of anilines is 1. The van der Waals surface area contributed by atoms with E-state index in [1.165, 1.54) is 6.08 Å². The Balaban J connectivity index is 2.69. The summed E-state index contributed by atoms with van der Waals surface area (Å²) in [5.74, 6) is -0.122. The monoisotopic (exact) mass is 238 g/mol. The van der Waals surface area contributed by atoms with Gasteiger partial charge in [0.2, 0.25) is 5.91 Å². The molecule has 0 saturated heterocycles. The largest absolute Gasteiger partial charge is 0.398 e. The molecule has 0 bridgehead atoms. The molecule has 0 aromatic heterocycles. The second kappa shape index (κ2) is 5.56. The first-order valence-corrected chi connectivity index (χ1v) is 5.40. The highest BCUT2D eigenvalue weighted by molar-refractivity contribution is 6.33. The zero-order valence-electron chi connectivity index (χ0n) is 9.33. The van der Waals surface area contributed by atoms with Crippen LogP contribution in [0.3, 0.4) is 0 Å². The molecule has 86 valence electrons. The Labute approximate surface area is 100 Å². The minimum absolute atomic E-state index is 0.122. The fourth-order valence-corrected chi connectivity index (χ4v) is 1.29. The zero-order chi connectivity index (χ0) is 12.1. The number of nitrogens with two attached hydrogens (primary N) is 1. The number of nitrogen functional groups attached to an aromatic ring is 1. The van der Waals surface area contributed by atoms with Crippen molar-refractivity contribution in [2.75, 3.05) is 5.73 Å². The molecule has 0 spiro atoms. The summed E-state index contributed by atoms with van der Waals surface area (Å²) >= 11 is 5.78. The van der Waals surface area contributed by atoms with Crippen LogP contribution < -0.4 is 11.1 Å². The Morgan fingerprint density at radius 3 is 2.75 bits per heavy atom. The Hall–Kier alpha value is -1.48. The molecule has 3 nitrogen and oxygen atoms in total. The van der Waals surface area contributed by atoms with Crippen LogP contribution in [0.4, 0.5) is 5.69 Å². The van der Waals surface area contributed by atoms with Crippen molar-refractivity contribution in [1.29, 1.82) is 0 Å². The van der Waals surface area contributed by atoms with Gasteiger partial charge in [-0.1, -0.05) is 17.7 Å². The Kier molecular flexibility index (Phi) is 4.38. The first kappa shape index (κ1) is 12.6. The van der Waals surface area contributed by atoms with Gasteiger partial charge in [0.15, 0.2) is 0 Å². The molecule has 0 saturated carbocycles. The van der Waals surface area contributed by atoms with E-state index in [1.807, 2.05) is 13.8 Å². The van der Waals surface area contributed by atoms with E-state index < -0.39 is 0 Å². The van der Waals surface area contributed by atoms with Gasteiger partial charge in [-0.3, -0.25) is 4.79 Å². The van der Waals surface area contributed by atoms with Crippen molar-refractivity contribution >= 4 is 29.3 Å². The van der Waals surface area contributed by atoms with E-state index in [0.717, 1.165) is 5.56 Å². The van der Waals surface area contributed by atoms with Crippen molar-refractivity contribution in [3.8, 4) is 0 Å². The van der Waals surface area contributed by atoms with Crippen LogP contribution in [0.5, 0.6) is 0 Å². The van der Waals surface area contributed by atoms with Crippen molar-refractivity contribution in [1.82, 2.24) is 5.32 Å². The number of rotatable bonds is 3. The van der Waals surface area contributed by atoms with Gasteiger partial charge < -0.3 is 11.1 Å². The third-order valence-corrected chi connectivity index (χ3v) is 2.22. The van der Waals surface area contributed by atoms with Crippen molar-refractivity contribution in [3.05, 3.63) is 34.9 Å². The van der Waals surface area contributed by atoms with Crippen LogP contribution in [0, 0.1) is 0 Å². The predicted octanol–water partition coefficient (Wildman–Crippen LogP) is 2.46. The molecule has 0 fully saturated rings. The number of carbonyl (C=O) groups excluding carboxylic acids is 1. The Morgan fingerprint density at radius 2 is 2.19 bits per heavy atom. The lowest BCUT2D eigenvalue weighted by molar-refractivity contribution is -0.116. The number of halogens is 1. The standard InChI is InChI=1S/C12H15ClN2O/c1-8(2)15-12(16)6-4-9-3-5-10(13)11(14)7-9/h3-8H,14H2,1-2H3,(H,15,16)/b6-4+. The van der Waals surface area contributed by atoms with Crippen molar-refractivity contribution in [2.45, 2.75) is 19.9 Å². The van der Waals surface area contributed by atoms with Crippen molar-refractivity contribution in [3.63, 3.8) is 0 Å². The summed E-state index contributed by atoms with van der Waals surface area (Å²) in [6.07, 6.45) is 3.17. The van der Waals surface area contributed by atoms with E-state index in [-0.39, 0.29) is 11.9 Å². The summed E-state index contributed by atoms with van der Waals surface area (Å²) in [6.45, 7) is 3.82. The van der Waals surface area contributed by atoms with Crippen LogP contribution in [0.1, 0.15) is 19.4 Å². The fourth-order valence-electron chi connectivity index (χ4n) is 1.17. The maximum Gasteiger partial charge on any atom is 0.244 e. The maximum absolute atomic E-state index is 11.3. The van der Waals surface area contributed by atoms with Crippen molar-refractivity contribution < 1.29 is 4.79 Å². The fraction of sp³-hybridized carbons (Fsp3) is 0.250. The Morgan fingerprint density at radius 1 is 1.50 bits per heavy atom. The second-order valence-electron chi connectivity index (χ2n) is 3.78. The summed E-state index contributed by atoms with van der Waals surface area (Å²) in [6, 6.07) is 5.36. The van der Waals surface area contributed by atoms with Crippen LogP contribution in [0.2, 0.25) is 5.02 Å². The lowest BCUT2D eigenvalue weighted by Gasteiger charge is -2.04. The zero-order valence-corrected chi connectivity index (χ0v) is 10.1. The Bertz CT molecular complexity index is 413. The van der Waals surface area contributed by atoms with E-state index in [4.69, 9.17) is 17.3 Å².